The Bertz CT molecular complexity index is 234. The van der Waals surface area contributed by atoms with Crippen LogP contribution in [0, 0.1) is 0 Å². The van der Waals surface area contributed by atoms with Gasteiger partial charge in [0.05, 0.1) is 12.6 Å². The van der Waals surface area contributed by atoms with E-state index in [1.54, 1.807) is 21.1 Å². The molecule has 0 aliphatic rings. The Kier molecular flexibility index (Phi) is 9.37. The second-order valence-electron chi connectivity index (χ2n) is 3.74. The molecule has 0 spiro atoms. The molecule has 0 aromatic rings. The summed E-state index contributed by atoms with van der Waals surface area (Å²) in [5.41, 5.74) is 0. The van der Waals surface area contributed by atoms with Gasteiger partial charge >= 0.3 is 0 Å². The van der Waals surface area contributed by atoms with Crippen molar-refractivity contribution in [3.63, 3.8) is 0 Å². The van der Waals surface area contributed by atoms with Crippen LogP contribution in [0.4, 0.5) is 0 Å². The summed E-state index contributed by atoms with van der Waals surface area (Å²) in [5, 5.41) is 8.34. The second kappa shape index (κ2) is 10.0. The van der Waals surface area contributed by atoms with Crippen LogP contribution in [0.5, 0.6) is 0 Å². The van der Waals surface area contributed by atoms with Crippen LogP contribution in [0.2, 0.25) is 0 Å². The van der Waals surface area contributed by atoms with E-state index in [0.717, 1.165) is 6.42 Å². The van der Waals surface area contributed by atoms with Crippen LogP contribution in [-0.4, -0.2) is 51.7 Å². The van der Waals surface area contributed by atoms with E-state index >= 15 is 0 Å². The van der Waals surface area contributed by atoms with Crippen LogP contribution in [0.1, 0.15) is 19.8 Å². The quantitative estimate of drug-likeness (QED) is 0.467. The van der Waals surface area contributed by atoms with Crippen molar-refractivity contribution in [1.29, 1.82) is 0 Å². The van der Waals surface area contributed by atoms with E-state index in [1.165, 1.54) is 0 Å². The minimum atomic E-state index is -0.253. The molecule has 1 atom stereocenters. The lowest BCUT2D eigenvalue weighted by Crippen LogP contribution is -2.43. The number of methoxy groups -OCH3 is 1. The summed E-state index contributed by atoms with van der Waals surface area (Å²) >= 11 is 0. The van der Waals surface area contributed by atoms with Gasteiger partial charge in [0.25, 0.3) is 0 Å². The van der Waals surface area contributed by atoms with E-state index in [9.17, 15) is 9.59 Å². The van der Waals surface area contributed by atoms with Gasteiger partial charge in [0.1, 0.15) is 0 Å². The lowest BCUT2D eigenvalue weighted by atomic mass is 10.2. The molecule has 0 saturated carbocycles. The highest BCUT2D eigenvalue weighted by Gasteiger charge is 2.10. The fourth-order valence-corrected chi connectivity index (χ4v) is 1.21. The maximum atomic E-state index is 11.5. The Morgan fingerprint density at radius 1 is 1.29 bits per heavy atom. The Balaban J connectivity index is 3.53. The van der Waals surface area contributed by atoms with Crippen molar-refractivity contribution < 1.29 is 14.3 Å². The van der Waals surface area contributed by atoms with Gasteiger partial charge < -0.3 is 20.7 Å². The Morgan fingerprint density at radius 3 is 2.59 bits per heavy atom. The van der Waals surface area contributed by atoms with Crippen molar-refractivity contribution in [1.82, 2.24) is 16.0 Å². The molecule has 6 nitrogen and oxygen atoms in total. The predicted octanol–water partition coefficient (Wildman–Crippen LogP) is -0.747. The topological polar surface area (TPSA) is 79.5 Å². The zero-order valence-corrected chi connectivity index (χ0v) is 10.8. The first-order valence-electron chi connectivity index (χ1n) is 5.82. The summed E-state index contributed by atoms with van der Waals surface area (Å²) in [6.07, 6.45) is 1.19. The Hall–Kier alpha value is -1.14. The fourth-order valence-electron chi connectivity index (χ4n) is 1.21. The fraction of sp³-hybridized carbons (Fsp3) is 0.818. The van der Waals surface area contributed by atoms with E-state index in [4.69, 9.17) is 4.74 Å². The van der Waals surface area contributed by atoms with Crippen molar-refractivity contribution in [2.75, 3.05) is 33.9 Å². The molecule has 0 fully saturated rings. The van der Waals surface area contributed by atoms with Crippen LogP contribution in [0.25, 0.3) is 0 Å². The number of nitrogens with one attached hydrogen (secondary N) is 3. The number of rotatable bonds is 9. The summed E-state index contributed by atoms with van der Waals surface area (Å²) in [6, 6.07) is -0.253. The third kappa shape index (κ3) is 8.65. The maximum absolute atomic E-state index is 11.5. The molecule has 0 aliphatic heterocycles. The van der Waals surface area contributed by atoms with Crippen molar-refractivity contribution >= 4 is 11.8 Å². The van der Waals surface area contributed by atoms with Gasteiger partial charge in [0.15, 0.2) is 0 Å². The van der Waals surface area contributed by atoms with Gasteiger partial charge in [0.2, 0.25) is 11.8 Å². The number of hydrogen-bond acceptors (Lipinski definition) is 4. The Labute approximate surface area is 102 Å². The molecule has 0 radical (unpaired) electrons. The van der Waals surface area contributed by atoms with E-state index in [1.807, 2.05) is 0 Å². The summed E-state index contributed by atoms with van der Waals surface area (Å²) in [4.78, 5) is 22.4. The third-order valence-electron chi connectivity index (χ3n) is 2.31. The largest absolute Gasteiger partial charge is 0.383 e. The minimum absolute atomic E-state index is 0.0176. The van der Waals surface area contributed by atoms with Crippen LogP contribution in [0.3, 0.4) is 0 Å². The second-order valence-corrected chi connectivity index (χ2v) is 3.74. The van der Waals surface area contributed by atoms with Gasteiger partial charge in [0, 0.05) is 27.1 Å². The van der Waals surface area contributed by atoms with Crippen molar-refractivity contribution in [2.45, 2.75) is 25.8 Å². The van der Waals surface area contributed by atoms with Crippen LogP contribution in [0.15, 0.2) is 0 Å². The van der Waals surface area contributed by atoms with Crippen LogP contribution >= 0.6 is 0 Å². The van der Waals surface area contributed by atoms with Gasteiger partial charge in [-0.05, 0) is 19.9 Å². The van der Waals surface area contributed by atoms with E-state index in [2.05, 4.69) is 16.0 Å². The Morgan fingerprint density at radius 2 is 2.00 bits per heavy atom. The molecule has 100 valence electrons. The predicted molar refractivity (Wildman–Crippen MR) is 65.7 cm³/mol. The molecule has 0 aromatic heterocycles. The number of carbonyl (C=O) groups is 2. The maximum Gasteiger partial charge on any atom is 0.236 e. The minimum Gasteiger partial charge on any atom is -0.383 e. The average Bonchev–Trinajstić information content (AvgIpc) is 2.34. The molecule has 0 saturated heterocycles. The first-order chi connectivity index (χ1) is 8.11. The van der Waals surface area contributed by atoms with Crippen molar-refractivity contribution in [3.8, 4) is 0 Å². The summed E-state index contributed by atoms with van der Waals surface area (Å²) in [5.74, 6) is -0.0361. The van der Waals surface area contributed by atoms with Crippen molar-refractivity contribution in [3.05, 3.63) is 0 Å². The smallest absolute Gasteiger partial charge is 0.236 e. The zero-order valence-electron chi connectivity index (χ0n) is 10.8. The first kappa shape index (κ1) is 15.9. The molecule has 17 heavy (non-hydrogen) atoms. The van der Waals surface area contributed by atoms with E-state index in [0.29, 0.717) is 26.1 Å². The van der Waals surface area contributed by atoms with Gasteiger partial charge in [-0.25, -0.2) is 0 Å². The number of ether oxygens (including phenoxy) is 1. The van der Waals surface area contributed by atoms with Gasteiger partial charge in [-0.1, -0.05) is 0 Å². The highest BCUT2D eigenvalue weighted by molar-refractivity contribution is 5.81. The number of hydrogen-bond donors (Lipinski definition) is 3. The molecule has 0 bridgehead atoms. The first-order valence-corrected chi connectivity index (χ1v) is 5.82. The number of amides is 2. The normalized spacial score (nSPS) is 11.9. The molecule has 0 aromatic carbocycles. The molecule has 0 aliphatic carbocycles. The summed E-state index contributed by atoms with van der Waals surface area (Å²) < 4.78 is 4.83. The highest BCUT2D eigenvalue weighted by Crippen LogP contribution is 1.89. The highest BCUT2D eigenvalue weighted by atomic mass is 16.5. The average molecular weight is 245 g/mol. The van der Waals surface area contributed by atoms with E-state index in [-0.39, 0.29) is 17.9 Å². The molecular weight excluding hydrogens is 222 g/mol. The molecule has 0 heterocycles. The third-order valence-corrected chi connectivity index (χ3v) is 2.31. The zero-order chi connectivity index (χ0) is 13.1. The molecular formula is C11H23N3O3. The lowest BCUT2D eigenvalue weighted by Gasteiger charge is -2.13. The van der Waals surface area contributed by atoms with Crippen LogP contribution < -0.4 is 16.0 Å². The monoisotopic (exact) mass is 245 g/mol. The van der Waals surface area contributed by atoms with Gasteiger partial charge in [-0.3, -0.25) is 9.59 Å². The van der Waals surface area contributed by atoms with Crippen LogP contribution in [-0.2, 0) is 14.3 Å². The molecule has 6 heteroatoms. The van der Waals surface area contributed by atoms with Gasteiger partial charge in [-0.15, -0.1) is 0 Å². The molecule has 3 N–H and O–H groups in total. The standard InChI is InChI=1S/C11H23N3O3/c1-9(11(16)14-7-8-17-3)13-6-4-5-10(15)12-2/h9,13H,4-8H2,1-3H3,(H,12,15)(H,14,16). The van der Waals surface area contributed by atoms with E-state index < -0.39 is 0 Å². The van der Waals surface area contributed by atoms with Gasteiger partial charge in [-0.2, -0.15) is 0 Å². The summed E-state index contributed by atoms with van der Waals surface area (Å²) in [7, 11) is 3.20. The van der Waals surface area contributed by atoms with Crippen molar-refractivity contribution in [2.24, 2.45) is 0 Å². The lowest BCUT2D eigenvalue weighted by molar-refractivity contribution is -0.122. The molecule has 1 unspecified atom stereocenters. The number of carbonyl (C=O) groups excluding carboxylic acids is 2. The SMILES string of the molecule is CNC(=O)CCCNC(C)C(=O)NCCOC. The molecule has 2 amide bonds. The molecule has 0 rings (SSSR count). The summed E-state index contributed by atoms with van der Waals surface area (Å²) in [6.45, 7) is 3.46.